The van der Waals surface area contributed by atoms with E-state index in [0.717, 1.165) is 47.5 Å². The second-order valence-corrected chi connectivity index (χ2v) is 9.01. The number of thiazole rings is 1. The Hall–Kier alpha value is -2.99. The van der Waals surface area contributed by atoms with E-state index in [4.69, 9.17) is 28.9 Å². The van der Waals surface area contributed by atoms with Crippen LogP contribution in [0.15, 0.2) is 82.8 Å². The number of rotatable bonds is 2. The maximum Gasteiger partial charge on any atom is 0.238 e. The molecular formula is C25H13NOS3. The summed E-state index contributed by atoms with van der Waals surface area (Å²) in [6.07, 6.45) is 1.95. The van der Waals surface area contributed by atoms with Gasteiger partial charge in [-0.3, -0.25) is 0 Å². The number of nitrogens with zero attached hydrogens (tertiary/aromatic N) is 1. The molecule has 0 saturated heterocycles. The Balaban J connectivity index is 1.39. The minimum atomic E-state index is 0.642. The van der Waals surface area contributed by atoms with Gasteiger partial charge in [-0.15, -0.1) is 11.3 Å². The fourth-order valence-corrected chi connectivity index (χ4v) is 5.48. The zero-order valence-corrected chi connectivity index (χ0v) is 18.0. The predicted molar refractivity (Wildman–Crippen MR) is 133 cm³/mol. The third kappa shape index (κ3) is 2.78. The van der Waals surface area contributed by atoms with Crippen LogP contribution < -0.4 is 0 Å². The number of aromatic nitrogens is 1. The van der Waals surface area contributed by atoms with Crippen molar-refractivity contribution in [2.75, 3.05) is 0 Å². The summed E-state index contributed by atoms with van der Waals surface area (Å²) >= 11 is 13.2. The van der Waals surface area contributed by atoms with Crippen molar-refractivity contribution in [3.05, 3.63) is 95.3 Å². The highest BCUT2D eigenvalue weighted by molar-refractivity contribution is 7.84. The van der Waals surface area contributed by atoms with Crippen LogP contribution in [0.3, 0.4) is 0 Å². The monoisotopic (exact) mass is 439 g/mol. The van der Waals surface area contributed by atoms with Crippen molar-refractivity contribution in [1.29, 1.82) is 0 Å². The summed E-state index contributed by atoms with van der Waals surface area (Å²) in [6.45, 7) is 0. The molecular weight excluding hydrogens is 426 g/mol. The van der Waals surface area contributed by atoms with Gasteiger partial charge in [0.05, 0.1) is 14.4 Å². The Labute approximate surface area is 187 Å². The number of thiocarbonyl (C=S) groups is 2. The van der Waals surface area contributed by atoms with Crippen LogP contribution in [0.1, 0.15) is 16.9 Å². The second kappa shape index (κ2) is 6.77. The van der Waals surface area contributed by atoms with Crippen LogP contribution in [-0.4, -0.2) is 14.7 Å². The van der Waals surface area contributed by atoms with Gasteiger partial charge in [0.15, 0.2) is 0 Å². The van der Waals surface area contributed by atoms with E-state index in [1.807, 2.05) is 42.5 Å². The smallest absolute Gasteiger partial charge is 0.238 e. The van der Waals surface area contributed by atoms with Crippen LogP contribution in [0.2, 0.25) is 0 Å². The third-order valence-electron chi connectivity index (χ3n) is 5.28. The summed E-state index contributed by atoms with van der Waals surface area (Å²) in [6, 6.07) is 24.7. The van der Waals surface area contributed by atoms with E-state index in [1.165, 1.54) is 10.8 Å². The molecule has 1 aliphatic carbocycles. The molecule has 0 spiro atoms. The maximum atomic E-state index is 6.01. The molecule has 5 heteroatoms. The highest BCUT2D eigenvalue weighted by Gasteiger charge is 2.27. The van der Waals surface area contributed by atoms with Crippen molar-refractivity contribution >= 4 is 72.8 Å². The van der Waals surface area contributed by atoms with Gasteiger partial charge in [-0.1, -0.05) is 79.0 Å². The highest BCUT2D eigenvalue weighted by Crippen LogP contribution is 2.36. The van der Waals surface area contributed by atoms with Crippen LogP contribution in [0.25, 0.3) is 37.8 Å². The molecule has 0 atom stereocenters. The van der Waals surface area contributed by atoms with Crippen molar-refractivity contribution in [3.63, 3.8) is 0 Å². The standard InChI is InChI=1S/C25H13NOS3/c28-22-18-10-15-8-4-5-9-16(15)11-19(18)23(29)20(22)12-17-13-21-24(27-17)26-25(30-21)14-6-2-1-3-7-14/h1-13H. The lowest BCUT2D eigenvalue weighted by molar-refractivity contribution is 0.593. The van der Waals surface area contributed by atoms with Gasteiger partial charge in [0.25, 0.3) is 0 Å². The van der Waals surface area contributed by atoms with Gasteiger partial charge in [0.1, 0.15) is 10.8 Å². The van der Waals surface area contributed by atoms with Crippen molar-refractivity contribution in [3.8, 4) is 10.6 Å². The normalized spacial score (nSPS) is 13.4. The Kier molecular flexibility index (Phi) is 4.03. The summed E-state index contributed by atoms with van der Waals surface area (Å²) in [7, 11) is 0. The topological polar surface area (TPSA) is 26.0 Å². The van der Waals surface area contributed by atoms with Gasteiger partial charge in [0, 0.05) is 28.3 Å². The number of benzene rings is 3. The molecule has 0 amide bonds. The molecule has 6 rings (SSSR count). The number of fused-ring (bicyclic) bond motifs is 3. The molecule has 2 heterocycles. The van der Waals surface area contributed by atoms with E-state index in [-0.39, 0.29) is 0 Å². The van der Waals surface area contributed by atoms with E-state index in [1.54, 1.807) is 11.3 Å². The Morgan fingerprint density at radius 2 is 1.43 bits per heavy atom. The lowest BCUT2D eigenvalue weighted by Crippen LogP contribution is -1.97. The first-order chi connectivity index (χ1) is 14.7. The second-order valence-electron chi connectivity index (χ2n) is 7.16. The minimum absolute atomic E-state index is 0.642. The fraction of sp³-hybridized carbons (Fsp3) is 0. The Morgan fingerprint density at radius 3 is 2.07 bits per heavy atom. The van der Waals surface area contributed by atoms with Crippen LogP contribution in [0.5, 0.6) is 0 Å². The minimum Gasteiger partial charge on any atom is -0.437 e. The van der Waals surface area contributed by atoms with E-state index < -0.39 is 0 Å². The first-order valence-corrected chi connectivity index (χ1v) is 11.1. The molecule has 0 radical (unpaired) electrons. The van der Waals surface area contributed by atoms with Gasteiger partial charge in [0.2, 0.25) is 5.71 Å². The van der Waals surface area contributed by atoms with E-state index >= 15 is 0 Å². The average molecular weight is 440 g/mol. The summed E-state index contributed by atoms with van der Waals surface area (Å²) in [4.78, 5) is 6.20. The average Bonchev–Trinajstić information content (AvgIpc) is 3.41. The SMILES string of the molecule is S=C1C(=Cc2cc3sc(-c4ccccc4)nc3o2)C(=S)c2cc3ccccc3cc21. The molecule has 0 fully saturated rings. The van der Waals surface area contributed by atoms with Gasteiger partial charge in [-0.05, 0) is 29.0 Å². The first kappa shape index (κ1) is 17.8. The van der Waals surface area contributed by atoms with Crippen molar-refractivity contribution in [2.45, 2.75) is 0 Å². The largest absolute Gasteiger partial charge is 0.437 e. The maximum absolute atomic E-state index is 6.01. The van der Waals surface area contributed by atoms with Gasteiger partial charge >= 0.3 is 0 Å². The van der Waals surface area contributed by atoms with Crippen molar-refractivity contribution < 1.29 is 4.42 Å². The molecule has 0 aliphatic heterocycles. The van der Waals surface area contributed by atoms with Crippen molar-refractivity contribution in [1.82, 2.24) is 4.98 Å². The molecule has 3 aromatic carbocycles. The molecule has 2 aromatic heterocycles. The van der Waals surface area contributed by atoms with Gasteiger partial charge in [-0.25, -0.2) is 4.98 Å². The number of allylic oxidation sites excluding steroid dienone is 1. The lowest BCUT2D eigenvalue weighted by Gasteiger charge is -2.02. The third-order valence-corrected chi connectivity index (χ3v) is 7.19. The molecule has 0 unspecified atom stereocenters. The zero-order valence-electron chi connectivity index (χ0n) is 15.6. The molecule has 2 nitrogen and oxygen atoms in total. The Bertz CT molecular complexity index is 1430. The highest BCUT2D eigenvalue weighted by atomic mass is 32.1. The summed E-state index contributed by atoms with van der Waals surface area (Å²) in [5, 5.41) is 3.28. The van der Waals surface area contributed by atoms with E-state index in [9.17, 15) is 0 Å². The quantitative estimate of drug-likeness (QED) is 0.214. The summed E-state index contributed by atoms with van der Waals surface area (Å²) < 4.78 is 7.02. The first-order valence-electron chi connectivity index (χ1n) is 9.47. The predicted octanol–water partition coefficient (Wildman–Crippen LogP) is 7.24. The molecule has 142 valence electrons. The van der Waals surface area contributed by atoms with Crippen LogP contribution in [0, 0.1) is 0 Å². The van der Waals surface area contributed by atoms with Gasteiger partial charge in [-0.2, -0.15) is 0 Å². The lowest BCUT2D eigenvalue weighted by atomic mass is 10.0. The molecule has 1 aliphatic rings. The summed E-state index contributed by atoms with van der Waals surface area (Å²) in [5.41, 5.74) is 4.66. The fourth-order valence-electron chi connectivity index (χ4n) is 3.81. The molecule has 0 N–H and O–H groups in total. The molecule has 5 aromatic rings. The van der Waals surface area contributed by atoms with Gasteiger partial charge < -0.3 is 4.42 Å². The molecule has 0 bridgehead atoms. The van der Waals surface area contributed by atoms with Crippen LogP contribution >= 0.6 is 35.8 Å². The zero-order chi connectivity index (χ0) is 20.2. The number of hydrogen-bond donors (Lipinski definition) is 0. The number of furan rings is 1. The van der Waals surface area contributed by atoms with Crippen LogP contribution in [-0.2, 0) is 0 Å². The van der Waals surface area contributed by atoms with E-state index in [2.05, 4.69) is 41.4 Å². The van der Waals surface area contributed by atoms with Crippen molar-refractivity contribution in [2.24, 2.45) is 0 Å². The number of hydrogen-bond acceptors (Lipinski definition) is 5. The Morgan fingerprint density at radius 1 is 0.800 bits per heavy atom. The van der Waals surface area contributed by atoms with Crippen LogP contribution in [0.4, 0.5) is 0 Å². The molecule has 30 heavy (non-hydrogen) atoms. The summed E-state index contributed by atoms with van der Waals surface area (Å²) in [5.74, 6) is 0.723. The molecule has 0 saturated carbocycles. The van der Waals surface area contributed by atoms with E-state index in [0.29, 0.717) is 5.71 Å².